The van der Waals surface area contributed by atoms with Crippen LogP contribution in [-0.2, 0) is 14.8 Å². The minimum Gasteiger partial charge on any atom is -0.488 e. The lowest BCUT2D eigenvalue weighted by atomic mass is 10.2. The predicted octanol–water partition coefficient (Wildman–Crippen LogP) is 1.52. The Morgan fingerprint density at radius 3 is 2.53 bits per heavy atom. The highest BCUT2D eigenvalue weighted by atomic mass is 32.2. The highest BCUT2D eigenvalue weighted by Gasteiger charge is 2.12. The maximum absolute atomic E-state index is 13.5. The lowest BCUT2D eigenvalue weighted by Gasteiger charge is -2.09. The third-order valence-corrected chi connectivity index (χ3v) is 3.08. The third kappa shape index (κ3) is 5.54. The van der Waals surface area contributed by atoms with Crippen LogP contribution < -0.4 is 9.88 Å². The molecule has 0 atom stereocenters. The first kappa shape index (κ1) is 15.9. The molecule has 108 valence electrons. The molecule has 1 aromatic carbocycles. The van der Waals surface area contributed by atoms with Gasteiger partial charge in [-0.25, -0.2) is 17.9 Å². The number of hydrogen-bond acceptors (Lipinski definition) is 4. The van der Waals surface area contributed by atoms with Crippen LogP contribution in [0.3, 0.4) is 0 Å². The summed E-state index contributed by atoms with van der Waals surface area (Å²) in [4.78, 5) is -0.284. The second-order valence-corrected chi connectivity index (χ2v) is 6.02. The van der Waals surface area contributed by atoms with E-state index in [1.807, 2.05) is 13.8 Å². The summed E-state index contributed by atoms with van der Waals surface area (Å²) in [5, 5.41) is 4.89. The van der Waals surface area contributed by atoms with Gasteiger partial charge in [0.1, 0.15) is 6.61 Å². The van der Waals surface area contributed by atoms with Gasteiger partial charge in [-0.1, -0.05) is 13.8 Å². The second kappa shape index (κ2) is 6.83. The number of hydrogen-bond donors (Lipinski definition) is 1. The summed E-state index contributed by atoms with van der Waals surface area (Å²) in [6.07, 6.45) is 0. The Morgan fingerprint density at radius 2 is 2.00 bits per heavy atom. The van der Waals surface area contributed by atoms with Crippen molar-refractivity contribution in [2.75, 3.05) is 19.8 Å². The Bertz CT molecular complexity index is 516. The van der Waals surface area contributed by atoms with E-state index < -0.39 is 15.8 Å². The molecule has 5 nitrogen and oxygen atoms in total. The van der Waals surface area contributed by atoms with Gasteiger partial charge >= 0.3 is 0 Å². The van der Waals surface area contributed by atoms with Gasteiger partial charge in [0.05, 0.1) is 11.5 Å². The fraction of sp³-hybridized carbons (Fsp3) is 0.500. The maximum Gasteiger partial charge on any atom is 0.238 e. The van der Waals surface area contributed by atoms with Gasteiger partial charge < -0.3 is 9.47 Å². The molecule has 0 aliphatic rings. The first-order valence-corrected chi connectivity index (χ1v) is 7.38. The lowest BCUT2D eigenvalue weighted by molar-refractivity contribution is 0.0807. The van der Waals surface area contributed by atoms with Crippen molar-refractivity contribution in [2.45, 2.75) is 18.7 Å². The number of benzene rings is 1. The van der Waals surface area contributed by atoms with E-state index in [1.165, 1.54) is 12.1 Å². The normalized spacial score (nSPS) is 11.8. The Balaban J connectivity index is 2.52. The van der Waals surface area contributed by atoms with E-state index >= 15 is 0 Å². The summed E-state index contributed by atoms with van der Waals surface area (Å²) in [7, 11) is -3.90. The molecule has 0 aliphatic heterocycles. The molecular weight excluding hydrogens is 273 g/mol. The van der Waals surface area contributed by atoms with Crippen molar-refractivity contribution in [3.8, 4) is 5.75 Å². The quantitative estimate of drug-likeness (QED) is 0.773. The zero-order valence-corrected chi connectivity index (χ0v) is 11.7. The fourth-order valence-corrected chi connectivity index (χ4v) is 1.83. The summed E-state index contributed by atoms with van der Waals surface area (Å²) >= 11 is 0. The standard InChI is InChI=1S/C12H18FNO4S/c1-9(2)8-17-5-6-18-12-4-3-10(7-11(12)13)19(14,15)16/h3-4,7,9H,5-6,8H2,1-2H3,(H2,14,15,16). The Kier molecular flexibility index (Phi) is 5.71. The molecule has 0 fully saturated rings. The maximum atomic E-state index is 13.5. The fourth-order valence-electron chi connectivity index (χ4n) is 1.31. The summed E-state index contributed by atoms with van der Waals surface area (Å²) in [6.45, 7) is 5.18. The third-order valence-electron chi connectivity index (χ3n) is 2.17. The van der Waals surface area contributed by atoms with Crippen LogP contribution in [0.5, 0.6) is 5.75 Å². The number of rotatable bonds is 7. The lowest BCUT2D eigenvalue weighted by Crippen LogP contribution is -2.13. The Labute approximate surface area is 112 Å². The average molecular weight is 291 g/mol. The van der Waals surface area contributed by atoms with E-state index in [0.717, 1.165) is 6.07 Å². The van der Waals surface area contributed by atoms with E-state index in [9.17, 15) is 12.8 Å². The van der Waals surface area contributed by atoms with Crippen molar-refractivity contribution in [1.82, 2.24) is 0 Å². The number of halogens is 1. The summed E-state index contributed by atoms with van der Waals surface area (Å²) in [5.41, 5.74) is 0. The summed E-state index contributed by atoms with van der Waals surface area (Å²) in [6, 6.07) is 3.26. The van der Waals surface area contributed by atoms with Gasteiger partial charge in [0.25, 0.3) is 0 Å². The van der Waals surface area contributed by atoms with Gasteiger partial charge in [-0.15, -0.1) is 0 Å². The molecule has 0 amide bonds. The molecule has 1 aromatic rings. The van der Waals surface area contributed by atoms with Crippen molar-refractivity contribution >= 4 is 10.0 Å². The van der Waals surface area contributed by atoms with Crippen molar-refractivity contribution in [3.05, 3.63) is 24.0 Å². The topological polar surface area (TPSA) is 78.6 Å². The number of primary sulfonamides is 1. The number of nitrogens with two attached hydrogens (primary N) is 1. The number of sulfonamides is 1. The zero-order valence-electron chi connectivity index (χ0n) is 10.9. The van der Waals surface area contributed by atoms with Crippen molar-refractivity contribution in [1.29, 1.82) is 0 Å². The summed E-state index contributed by atoms with van der Waals surface area (Å²) in [5.74, 6) is -0.373. The molecule has 19 heavy (non-hydrogen) atoms. The first-order chi connectivity index (χ1) is 8.80. The smallest absolute Gasteiger partial charge is 0.238 e. The monoisotopic (exact) mass is 291 g/mol. The molecular formula is C12H18FNO4S. The van der Waals surface area contributed by atoms with E-state index in [1.54, 1.807) is 0 Å². The molecule has 0 unspecified atom stereocenters. The van der Waals surface area contributed by atoms with Crippen LogP contribution in [-0.4, -0.2) is 28.2 Å². The van der Waals surface area contributed by atoms with Crippen LogP contribution in [0.25, 0.3) is 0 Å². The molecule has 0 aromatic heterocycles. The van der Waals surface area contributed by atoms with Crippen LogP contribution in [0.1, 0.15) is 13.8 Å². The Hall–Kier alpha value is -1.18. The van der Waals surface area contributed by atoms with E-state index in [-0.39, 0.29) is 17.3 Å². The van der Waals surface area contributed by atoms with E-state index in [0.29, 0.717) is 19.1 Å². The van der Waals surface area contributed by atoms with Crippen molar-refractivity contribution in [2.24, 2.45) is 11.1 Å². The van der Waals surface area contributed by atoms with Gasteiger partial charge in [0.15, 0.2) is 11.6 Å². The first-order valence-electron chi connectivity index (χ1n) is 5.83. The molecule has 7 heteroatoms. The van der Waals surface area contributed by atoms with Gasteiger partial charge in [-0.05, 0) is 24.1 Å². The molecule has 0 saturated carbocycles. The van der Waals surface area contributed by atoms with Gasteiger partial charge in [0.2, 0.25) is 10.0 Å². The van der Waals surface area contributed by atoms with Gasteiger partial charge in [-0.2, -0.15) is 0 Å². The van der Waals surface area contributed by atoms with E-state index in [2.05, 4.69) is 0 Å². The molecule has 0 heterocycles. The Morgan fingerprint density at radius 1 is 1.32 bits per heavy atom. The van der Waals surface area contributed by atoms with Crippen molar-refractivity contribution in [3.63, 3.8) is 0 Å². The molecule has 0 bridgehead atoms. The van der Waals surface area contributed by atoms with Crippen molar-refractivity contribution < 1.29 is 22.3 Å². The molecule has 0 aliphatic carbocycles. The minimum atomic E-state index is -3.90. The summed E-state index contributed by atoms with van der Waals surface area (Å²) < 4.78 is 46.0. The van der Waals surface area contributed by atoms with Crippen LogP contribution in [0, 0.1) is 11.7 Å². The van der Waals surface area contributed by atoms with Gasteiger partial charge in [0, 0.05) is 6.61 Å². The predicted molar refractivity (Wildman–Crippen MR) is 68.9 cm³/mol. The molecule has 0 saturated heterocycles. The van der Waals surface area contributed by atoms with Gasteiger partial charge in [-0.3, -0.25) is 0 Å². The molecule has 2 N–H and O–H groups in total. The largest absolute Gasteiger partial charge is 0.488 e. The molecule has 0 radical (unpaired) electrons. The molecule has 0 spiro atoms. The van der Waals surface area contributed by atoms with E-state index in [4.69, 9.17) is 14.6 Å². The highest BCUT2D eigenvalue weighted by molar-refractivity contribution is 7.89. The molecule has 1 rings (SSSR count). The van der Waals surface area contributed by atoms with Crippen LogP contribution in [0.4, 0.5) is 4.39 Å². The average Bonchev–Trinajstić information content (AvgIpc) is 2.28. The number of ether oxygens (including phenoxy) is 2. The minimum absolute atomic E-state index is 0.0273. The second-order valence-electron chi connectivity index (χ2n) is 4.45. The SMILES string of the molecule is CC(C)COCCOc1ccc(S(N)(=O)=O)cc1F. The highest BCUT2D eigenvalue weighted by Crippen LogP contribution is 2.20. The zero-order chi connectivity index (χ0) is 14.5. The van der Waals surface area contributed by atoms with Crippen LogP contribution >= 0.6 is 0 Å². The van der Waals surface area contributed by atoms with Crippen LogP contribution in [0.15, 0.2) is 23.1 Å². The van der Waals surface area contributed by atoms with Crippen LogP contribution in [0.2, 0.25) is 0 Å².